The number of rotatable bonds is 7. The highest BCUT2D eigenvalue weighted by Crippen LogP contribution is 2.35. The zero-order chi connectivity index (χ0) is 23.4. The molecule has 0 atom stereocenters. The fourth-order valence-corrected chi connectivity index (χ4v) is 4.42. The van der Waals surface area contributed by atoms with E-state index in [-0.39, 0.29) is 30.1 Å². The van der Waals surface area contributed by atoms with Gasteiger partial charge in [-0.25, -0.2) is 4.39 Å². The molecule has 5 nitrogen and oxygen atoms in total. The van der Waals surface area contributed by atoms with Gasteiger partial charge in [-0.05, 0) is 81.9 Å². The lowest BCUT2D eigenvalue weighted by molar-refractivity contribution is -0.123. The minimum atomic E-state index is -0.339. The van der Waals surface area contributed by atoms with Crippen LogP contribution in [0.1, 0.15) is 16.7 Å². The van der Waals surface area contributed by atoms with Crippen LogP contribution >= 0.6 is 34.4 Å². The lowest BCUT2D eigenvalue weighted by Gasteiger charge is -2.13. The van der Waals surface area contributed by atoms with E-state index in [9.17, 15) is 14.0 Å². The van der Waals surface area contributed by atoms with Crippen LogP contribution in [-0.2, 0) is 17.9 Å². The first-order chi connectivity index (χ1) is 15.9. The Kier molecular flexibility index (Phi) is 7.34. The molecule has 0 spiro atoms. The highest BCUT2D eigenvalue weighted by Gasteiger charge is 2.35. The quantitative estimate of drug-likeness (QED) is 0.246. The standard InChI is InChI=1S/C25H19FINO4S/c1-31-22-12-17(8-11-21(22)32-15-18-4-2-3-5-20(18)26)13-23-24(29)28(25(30)33-23)14-16-6-9-19(27)10-7-16/h2-13H,14-15H2,1H3/b23-13-. The van der Waals surface area contributed by atoms with E-state index in [2.05, 4.69) is 22.6 Å². The van der Waals surface area contributed by atoms with Crippen molar-refractivity contribution < 1.29 is 23.5 Å². The van der Waals surface area contributed by atoms with Gasteiger partial charge in [0.15, 0.2) is 11.5 Å². The average Bonchev–Trinajstić information content (AvgIpc) is 3.07. The van der Waals surface area contributed by atoms with Gasteiger partial charge in [0.25, 0.3) is 11.1 Å². The lowest BCUT2D eigenvalue weighted by Crippen LogP contribution is -2.27. The molecule has 0 bridgehead atoms. The van der Waals surface area contributed by atoms with Crippen LogP contribution in [0.15, 0.2) is 71.6 Å². The smallest absolute Gasteiger partial charge is 0.293 e. The van der Waals surface area contributed by atoms with Crippen molar-refractivity contribution in [2.24, 2.45) is 0 Å². The molecule has 1 fully saturated rings. The maximum absolute atomic E-state index is 13.8. The van der Waals surface area contributed by atoms with Gasteiger partial charge in [-0.2, -0.15) is 0 Å². The summed E-state index contributed by atoms with van der Waals surface area (Å²) in [7, 11) is 1.50. The van der Waals surface area contributed by atoms with Gasteiger partial charge in [0.1, 0.15) is 12.4 Å². The maximum atomic E-state index is 13.8. The fraction of sp³-hybridized carbons (Fsp3) is 0.120. The van der Waals surface area contributed by atoms with Crippen molar-refractivity contribution in [1.82, 2.24) is 4.90 Å². The number of halogens is 2. The molecule has 1 heterocycles. The van der Waals surface area contributed by atoms with Gasteiger partial charge < -0.3 is 9.47 Å². The first-order valence-corrected chi connectivity index (χ1v) is 11.9. The van der Waals surface area contributed by atoms with Crippen LogP contribution in [0.4, 0.5) is 9.18 Å². The van der Waals surface area contributed by atoms with Gasteiger partial charge in [0.2, 0.25) is 0 Å². The molecule has 1 aliphatic heterocycles. The van der Waals surface area contributed by atoms with Crippen LogP contribution in [-0.4, -0.2) is 23.2 Å². The summed E-state index contributed by atoms with van der Waals surface area (Å²) < 4.78 is 26.1. The minimum Gasteiger partial charge on any atom is -0.493 e. The van der Waals surface area contributed by atoms with Crippen molar-refractivity contribution in [2.75, 3.05) is 7.11 Å². The molecule has 3 aromatic rings. The first-order valence-electron chi connectivity index (χ1n) is 9.98. The highest BCUT2D eigenvalue weighted by atomic mass is 127. The summed E-state index contributed by atoms with van der Waals surface area (Å²) in [6.45, 7) is 0.283. The zero-order valence-corrected chi connectivity index (χ0v) is 20.6. The average molecular weight is 575 g/mol. The van der Waals surface area contributed by atoms with Crippen molar-refractivity contribution in [3.8, 4) is 11.5 Å². The number of hydrogen-bond donors (Lipinski definition) is 0. The van der Waals surface area contributed by atoms with Crippen molar-refractivity contribution in [2.45, 2.75) is 13.2 Å². The molecule has 1 saturated heterocycles. The summed E-state index contributed by atoms with van der Waals surface area (Å²) in [6.07, 6.45) is 1.65. The van der Waals surface area contributed by atoms with E-state index in [4.69, 9.17) is 9.47 Å². The summed E-state index contributed by atoms with van der Waals surface area (Å²) in [5.74, 6) is 0.222. The second kappa shape index (κ2) is 10.4. The van der Waals surface area contributed by atoms with E-state index >= 15 is 0 Å². The Bertz CT molecular complexity index is 1230. The molecule has 168 valence electrons. The van der Waals surface area contributed by atoms with Gasteiger partial charge in [-0.1, -0.05) is 36.4 Å². The molecule has 4 rings (SSSR count). The number of thioether (sulfide) groups is 1. The minimum absolute atomic E-state index is 0.0554. The van der Waals surface area contributed by atoms with Crippen LogP contribution in [0.25, 0.3) is 6.08 Å². The van der Waals surface area contributed by atoms with Crippen molar-refractivity contribution in [3.63, 3.8) is 0 Å². The fourth-order valence-electron chi connectivity index (χ4n) is 3.22. The topological polar surface area (TPSA) is 55.8 Å². The normalized spacial score (nSPS) is 14.8. The van der Waals surface area contributed by atoms with E-state index in [1.807, 2.05) is 24.3 Å². The molecule has 0 N–H and O–H groups in total. The van der Waals surface area contributed by atoms with Crippen LogP contribution in [0, 0.1) is 9.39 Å². The third-order valence-electron chi connectivity index (χ3n) is 4.95. The Morgan fingerprint density at radius 3 is 2.52 bits per heavy atom. The second-order valence-corrected chi connectivity index (χ2v) is 9.42. The van der Waals surface area contributed by atoms with Gasteiger partial charge in [-0.15, -0.1) is 0 Å². The SMILES string of the molecule is COc1cc(/C=C2\SC(=O)N(Cc3ccc(I)cc3)C2=O)ccc1OCc1ccccc1F. The lowest BCUT2D eigenvalue weighted by atomic mass is 10.1. The number of carbonyl (C=O) groups excluding carboxylic acids is 2. The third kappa shape index (κ3) is 5.56. The molecule has 33 heavy (non-hydrogen) atoms. The molecular formula is C25H19FINO4S. The molecule has 8 heteroatoms. The number of carbonyl (C=O) groups is 2. The Morgan fingerprint density at radius 1 is 1.03 bits per heavy atom. The number of amides is 2. The number of benzene rings is 3. The molecule has 0 saturated carbocycles. The number of nitrogens with zero attached hydrogens (tertiary/aromatic N) is 1. The molecule has 2 amide bonds. The van der Waals surface area contributed by atoms with E-state index in [1.54, 1.807) is 42.5 Å². The van der Waals surface area contributed by atoms with E-state index in [0.717, 1.165) is 20.9 Å². The molecule has 0 unspecified atom stereocenters. The largest absolute Gasteiger partial charge is 0.493 e. The zero-order valence-electron chi connectivity index (χ0n) is 17.6. The summed E-state index contributed by atoms with van der Waals surface area (Å²) in [5, 5.41) is -0.304. The molecular weight excluding hydrogens is 556 g/mol. The number of hydrogen-bond acceptors (Lipinski definition) is 5. The van der Waals surface area contributed by atoms with Crippen LogP contribution in [0.2, 0.25) is 0 Å². The van der Waals surface area contributed by atoms with E-state index in [0.29, 0.717) is 27.5 Å². The van der Waals surface area contributed by atoms with Gasteiger partial charge in [0, 0.05) is 9.13 Å². The van der Waals surface area contributed by atoms with Gasteiger partial charge in [-0.3, -0.25) is 14.5 Å². The molecule has 0 aliphatic carbocycles. The molecule has 0 radical (unpaired) electrons. The monoisotopic (exact) mass is 575 g/mol. The van der Waals surface area contributed by atoms with Crippen LogP contribution < -0.4 is 9.47 Å². The predicted octanol–water partition coefficient (Wildman–Crippen LogP) is 6.25. The van der Waals surface area contributed by atoms with Crippen LogP contribution in [0.5, 0.6) is 11.5 Å². The first kappa shape index (κ1) is 23.3. The second-order valence-electron chi connectivity index (χ2n) is 7.18. The van der Waals surface area contributed by atoms with Crippen LogP contribution in [0.3, 0.4) is 0 Å². The summed E-state index contributed by atoms with van der Waals surface area (Å²) in [4.78, 5) is 26.8. The van der Waals surface area contributed by atoms with Gasteiger partial charge >= 0.3 is 0 Å². The Morgan fingerprint density at radius 2 is 1.79 bits per heavy atom. The number of methoxy groups -OCH3 is 1. The molecule has 3 aromatic carbocycles. The van der Waals surface area contributed by atoms with Gasteiger partial charge in [0.05, 0.1) is 18.6 Å². The third-order valence-corrected chi connectivity index (χ3v) is 6.58. The van der Waals surface area contributed by atoms with Crippen molar-refractivity contribution in [1.29, 1.82) is 0 Å². The molecule has 1 aliphatic rings. The summed E-state index contributed by atoms with van der Waals surface area (Å²) >= 11 is 3.11. The Hall–Kier alpha value is -2.85. The van der Waals surface area contributed by atoms with E-state index < -0.39 is 0 Å². The van der Waals surface area contributed by atoms with E-state index in [1.165, 1.54) is 18.1 Å². The Labute approximate surface area is 208 Å². The summed E-state index contributed by atoms with van der Waals surface area (Å²) in [5.41, 5.74) is 2.01. The summed E-state index contributed by atoms with van der Waals surface area (Å²) in [6, 6.07) is 19.2. The molecule has 0 aromatic heterocycles. The number of imide groups is 1. The highest BCUT2D eigenvalue weighted by molar-refractivity contribution is 14.1. The maximum Gasteiger partial charge on any atom is 0.293 e. The number of ether oxygens (including phenoxy) is 2. The van der Waals surface area contributed by atoms with Crippen molar-refractivity contribution >= 4 is 51.6 Å². The Balaban J connectivity index is 1.49. The predicted molar refractivity (Wildman–Crippen MR) is 134 cm³/mol. The van der Waals surface area contributed by atoms with Crippen molar-refractivity contribution in [3.05, 3.63) is 97.7 Å².